The van der Waals surface area contributed by atoms with Crippen molar-refractivity contribution in [2.45, 2.75) is 18.0 Å². The van der Waals surface area contributed by atoms with E-state index in [0.29, 0.717) is 17.9 Å². The van der Waals surface area contributed by atoms with Gasteiger partial charge in [0.25, 0.3) is 11.8 Å². The Hall–Kier alpha value is -2.97. The molecule has 0 aliphatic carbocycles. The number of hydrogen-bond donors (Lipinski definition) is 3. The first kappa shape index (κ1) is 21.3. The molecule has 0 unspecified atom stereocenters. The number of rotatable bonds is 7. The number of thiazole rings is 2. The molecule has 2 aromatic rings. The second-order valence-electron chi connectivity index (χ2n) is 6.51. The number of aromatic nitrogens is 2. The van der Waals surface area contributed by atoms with E-state index in [4.69, 9.17) is 10.6 Å². The number of fused-ring (bicyclic) bond motifs is 1. The van der Waals surface area contributed by atoms with Crippen molar-refractivity contribution in [3.63, 3.8) is 0 Å². The Balaban J connectivity index is 1.53. The summed E-state index contributed by atoms with van der Waals surface area (Å²) in [6.45, 7) is 0.377. The van der Waals surface area contributed by atoms with Gasteiger partial charge in [-0.2, -0.15) is 4.57 Å². The van der Waals surface area contributed by atoms with Gasteiger partial charge in [-0.25, -0.2) is 9.78 Å². The number of aliphatic carboxylic acids is 1. The number of anilines is 1. The summed E-state index contributed by atoms with van der Waals surface area (Å²) >= 11 is 4.03. The average Bonchev–Trinajstić information content (AvgIpc) is 3.41. The summed E-state index contributed by atoms with van der Waals surface area (Å²) in [5.41, 5.74) is 8.20. The summed E-state index contributed by atoms with van der Waals surface area (Å²) in [5, 5.41) is 19.2. The smallest absolute Gasteiger partial charge is 0.352 e. The summed E-state index contributed by atoms with van der Waals surface area (Å²) in [6, 6.07) is -0.889. The zero-order valence-corrected chi connectivity index (χ0v) is 18.5. The molecule has 4 rings (SSSR count). The van der Waals surface area contributed by atoms with Crippen molar-refractivity contribution in [1.29, 1.82) is 0 Å². The highest BCUT2D eigenvalue weighted by Gasteiger charge is 2.54. The van der Waals surface area contributed by atoms with Crippen LogP contribution < -0.4 is 15.6 Å². The molecule has 0 bridgehead atoms. The van der Waals surface area contributed by atoms with Crippen LogP contribution >= 0.6 is 34.4 Å². The number of carboxylic acids is 1. The fourth-order valence-corrected chi connectivity index (χ4v) is 5.76. The zero-order valence-electron chi connectivity index (χ0n) is 16.0. The highest BCUT2D eigenvalue weighted by molar-refractivity contribution is 8.00. The number of nitrogens with one attached hydrogen (secondary N) is 1. The van der Waals surface area contributed by atoms with Gasteiger partial charge in [-0.1, -0.05) is 16.5 Å². The maximum atomic E-state index is 12.8. The Bertz CT molecular complexity index is 1100. The first-order chi connectivity index (χ1) is 14.9. The predicted molar refractivity (Wildman–Crippen MR) is 114 cm³/mol. The fraction of sp³-hybridized carbons (Fsp3) is 0.294. The molecule has 1 saturated heterocycles. The lowest BCUT2D eigenvalue weighted by Crippen LogP contribution is -2.71. The van der Waals surface area contributed by atoms with Gasteiger partial charge in [-0.05, 0) is 0 Å². The van der Waals surface area contributed by atoms with E-state index in [1.807, 2.05) is 21.7 Å². The average molecular weight is 482 g/mol. The number of hydrogen-bond acceptors (Lipinski definition) is 10. The molecule has 1 fully saturated rings. The van der Waals surface area contributed by atoms with E-state index in [1.54, 1.807) is 5.38 Å². The monoisotopic (exact) mass is 481 g/mol. The van der Waals surface area contributed by atoms with Crippen LogP contribution in [-0.2, 0) is 25.8 Å². The zero-order chi connectivity index (χ0) is 22.1. The summed E-state index contributed by atoms with van der Waals surface area (Å²) < 4.78 is 1.86. The summed E-state index contributed by atoms with van der Waals surface area (Å²) in [6.07, 6.45) is 1.84. The molecule has 0 saturated carbocycles. The summed E-state index contributed by atoms with van der Waals surface area (Å²) in [4.78, 5) is 47.5. The molecule has 4 heterocycles. The van der Waals surface area contributed by atoms with Crippen LogP contribution in [0.2, 0.25) is 0 Å². The molecule has 31 heavy (non-hydrogen) atoms. The van der Waals surface area contributed by atoms with E-state index in [-0.39, 0.29) is 22.2 Å². The largest absolute Gasteiger partial charge is 0.477 e. The first-order valence-corrected chi connectivity index (χ1v) is 11.7. The lowest BCUT2D eigenvalue weighted by Gasteiger charge is -2.49. The predicted octanol–water partition coefficient (Wildman–Crippen LogP) is -0.136. The van der Waals surface area contributed by atoms with Crippen LogP contribution in [0.25, 0.3) is 0 Å². The van der Waals surface area contributed by atoms with Crippen molar-refractivity contribution in [2.75, 3.05) is 18.6 Å². The molecule has 0 radical (unpaired) electrons. The number of nitrogen functional groups attached to an aromatic ring is 1. The Morgan fingerprint density at radius 1 is 1.52 bits per heavy atom. The molecule has 4 N–H and O–H groups in total. The number of carbonyl (C=O) groups is 3. The molecule has 2 aliphatic heterocycles. The third kappa shape index (κ3) is 4.00. The molecule has 2 aliphatic rings. The van der Waals surface area contributed by atoms with Gasteiger partial charge in [0, 0.05) is 16.7 Å². The Morgan fingerprint density at radius 2 is 2.32 bits per heavy atom. The molecule has 2 aromatic heterocycles. The van der Waals surface area contributed by atoms with Crippen LogP contribution in [0.4, 0.5) is 5.13 Å². The highest BCUT2D eigenvalue weighted by atomic mass is 32.2. The molecular weight excluding hydrogens is 464 g/mol. The van der Waals surface area contributed by atoms with Gasteiger partial charge in [0.15, 0.2) is 23.6 Å². The minimum Gasteiger partial charge on any atom is -0.477 e. The molecule has 14 heteroatoms. The van der Waals surface area contributed by atoms with Crippen molar-refractivity contribution in [2.24, 2.45) is 5.16 Å². The minimum absolute atomic E-state index is 0.0315. The maximum absolute atomic E-state index is 12.8. The van der Waals surface area contributed by atoms with Crippen LogP contribution in [0.15, 0.2) is 38.9 Å². The molecule has 2 atom stereocenters. The molecule has 2 amide bonds. The van der Waals surface area contributed by atoms with Gasteiger partial charge in [0.1, 0.15) is 29.9 Å². The van der Waals surface area contributed by atoms with Crippen LogP contribution in [-0.4, -0.2) is 62.8 Å². The van der Waals surface area contributed by atoms with Crippen LogP contribution in [0.5, 0.6) is 0 Å². The van der Waals surface area contributed by atoms with Gasteiger partial charge in [-0.3, -0.25) is 14.5 Å². The molecule has 0 aromatic carbocycles. The second-order valence-corrected chi connectivity index (χ2v) is 9.26. The third-order valence-electron chi connectivity index (χ3n) is 4.60. The lowest BCUT2D eigenvalue weighted by molar-refractivity contribution is -0.684. The van der Waals surface area contributed by atoms with Gasteiger partial charge in [0.2, 0.25) is 5.51 Å². The normalized spacial score (nSPS) is 20.9. The van der Waals surface area contributed by atoms with E-state index in [9.17, 15) is 19.5 Å². The number of oxime groups is 1. The van der Waals surface area contributed by atoms with Crippen LogP contribution in [0.1, 0.15) is 5.69 Å². The standard InChI is InChI=1S/C17H16N6O5S3/c1-28-21-10(9-6-31-17(18)19-9)13(24)20-11-14(25)23-12(16(26)27)8(5-30-15(11)23)4-22-2-3-29-7-22/h2-3,6-7,11,15H,4-5H2,1H3,(H3-,18,19,20,24,26,27)/p+1/b21-10+/t11-,15-/m1/s1. The Morgan fingerprint density at radius 3 is 2.94 bits per heavy atom. The Labute approximate surface area is 188 Å². The number of carboxylic acid groups (broad SMARTS) is 1. The number of nitrogens with zero attached hydrogens (tertiary/aromatic N) is 4. The van der Waals surface area contributed by atoms with Crippen LogP contribution in [0.3, 0.4) is 0 Å². The molecule has 0 spiro atoms. The summed E-state index contributed by atoms with van der Waals surface area (Å²) in [7, 11) is 1.28. The quantitative estimate of drug-likeness (QED) is 0.214. The van der Waals surface area contributed by atoms with Crippen molar-refractivity contribution < 1.29 is 28.9 Å². The van der Waals surface area contributed by atoms with E-state index in [2.05, 4.69) is 15.5 Å². The van der Waals surface area contributed by atoms with Crippen molar-refractivity contribution >= 4 is 63.1 Å². The van der Waals surface area contributed by atoms with Crippen molar-refractivity contribution in [3.05, 3.63) is 39.4 Å². The molecule has 162 valence electrons. The number of β-lactam (4-membered cyclic amide) rings is 1. The number of thioether (sulfide) groups is 1. The lowest BCUT2D eigenvalue weighted by atomic mass is 10.0. The van der Waals surface area contributed by atoms with Gasteiger partial charge < -0.3 is 21.0 Å². The summed E-state index contributed by atoms with van der Waals surface area (Å²) in [5.74, 6) is -1.90. The maximum Gasteiger partial charge on any atom is 0.352 e. The second kappa shape index (κ2) is 8.64. The van der Waals surface area contributed by atoms with E-state index >= 15 is 0 Å². The topological polar surface area (TPSA) is 151 Å². The van der Waals surface area contributed by atoms with E-state index in [1.165, 1.54) is 35.1 Å². The van der Waals surface area contributed by atoms with Gasteiger partial charge in [0.05, 0.1) is 5.38 Å². The van der Waals surface area contributed by atoms with Gasteiger partial charge >= 0.3 is 5.97 Å². The first-order valence-electron chi connectivity index (χ1n) is 8.85. The highest BCUT2D eigenvalue weighted by Crippen LogP contribution is 2.40. The van der Waals surface area contributed by atoms with Crippen molar-refractivity contribution in [1.82, 2.24) is 15.2 Å². The van der Waals surface area contributed by atoms with Crippen molar-refractivity contribution in [3.8, 4) is 0 Å². The number of amides is 2. The number of carbonyl (C=O) groups excluding carboxylic acids is 2. The minimum atomic E-state index is -1.17. The fourth-order valence-electron chi connectivity index (χ4n) is 3.28. The Kier molecular flexibility index (Phi) is 5.93. The SMILES string of the molecule is CO/N=C(/C(=O)N[C@@H]1C(=O)N2C(C(=O)O)=C(C[n+]3ccsc3)CS[C@H]12)c1csc(N)n1. The van der Waals surface area contributed by atoms with Crippen LogP contribution in [0, 0.1) is 0 Å². The molecule has 11 nitrogen and oxygen atoms in total. The van der Waals surface area contributed by atoms with Gasteiger partial charge in [-0.15, -0.1) is 23.1 Å². The number of nitrogens with two attached hydrogens (primary N) is 1. The van der Waals surface area contributed by atoms with E-state index in [0.717, 1.165) is 11.3 Å². The molecular formula is C17H17N6O5S3+. The third-order valence-corrected chi connectivity index (χ3v) is 7.28. The van der Waals surface area contributed by atoms with E-state index < -0.39 is 29.2 Å².